The van der Waals surface area contributed by atoms with Crippen molar-refractivity contribution >= 4 is 50.0 Å². The highest BCUT2D eigenvalue weighted by Gasteiger charge is 2.28. The quantitative estimate of drug-likeness (QED) is 0.443. The largest absolute Gasteiger partial charge is 0.322 e. The Kier molecular flexibility index (Phi) is 5.64. The lowest BCUT2D eigenvalue weighted by atomic mass is 10.1. The summed E-state index contributed by atoms with van der Waals surface area (Å²) in [4.78, 5) is 21.6. The van der Waals surface area contributed by atoms with Crippen molar-refractivity contribution in [3.05, 3.63) is 83.3 Å². The smallest absolute Gasteiger partial charge is 0.301 e. The molecule has 0 unspecified atom stereocenters. The summed E-state index contributed by atoms with van der Waals surface area (Å²) >= 11 is 6.35. The molecule has 34 heavy (non-hydrogen) atoms. The molecule has 0 spiro atoms. The predicted molar refractivity (Wildman–Crippen MR) is 129 cm³/mol. The van der Waals surface area contributed by atoms with Crippen LogP contribution in [0.4, 0.5) is 15.8 Å². The van der Waals surface area contributed by atoms with Crippen LogP contribution in [0, 0.1) is 5.82 Å². The van der Waals surface area contributed by atoms with Crippen LogP contribution in [0.1, 0.15) is 10.4 Å². The molecule has 172 valence electrons. The van der Waals surface area contributed by atoms with Gasteiger partial charge in [-0.3, -0.25) is 9.10 Å². The van der Waals surface area contributed by atoms with Gasteiger partial charge in [0.2, 0.25) is 0 Å². The third-order valence-corrected chi connectivity index (χ3v) is 7.20. The third kappa shape index (κ3) is 4.18. The van der Waals surface area contributed by atoms with Gasteiger partial charge in [0.25, 0.3) is 5.91 Å². The fraction of sp³-hybridized carbons (Fsp3) is 0.0870. The van der Waals surface area contributed by atoms with E-state index >= 15 is 0 Å². The average Bonchev–Trinajstić information content (AvgIpc) is 3.18. The highest BCUT2D eigenvalue weighted by Crippen LogP contribution is 2.30. The van der Waals surface area contributed by atoms with Crippen LogP contribution in [-0.2, 0) is 10.2 Å². The Labute approximate surface area is 199 Å². The van der Waals surface area contributed by atoms with Crippen molar-refractivity contribution in [1.82, 2.24) is 14.7 Å². The van der Waals surface area contributed by atoms with Gasteiger partial charge in [-0.05, 0) is 42.5 Å². The molecule has 0 atom stereocenters. The van der Waals surface area contributed by atoms with Gasteiger partial charge in [-0.25, -0.2) is 14.4 Å². The zero-order valence-corrected chi connectivity index (χ0v) is 19.1. The van der Waals surface area contributed by atoms with E-state index in [2.05, 4.69) is 20.0 Å². The summed E-state index contributed by atoms with van der Waals surface area (Å²) in [6.45, 7) is 0.406. The fourth-order valence-corrected chi connectivity index (χ4v) is 5.09. The number of anilines is 2. The van der Waals surface area contributed by atoms with Gasteiger partial charge in [-0.15, -0.1) is 0 Å². The maximum atomic E-state index is 14.7. The van der Waals surface area contributed by atoms with Crippen molar-refractivity contribution in [3.8, 4) is 11.4 Å². The molecule has 2 N–H and O–H groups in total. The van der Waals surface area contributed by atoms with Gasteiger partial charge in [0.15, 0.2) is 5.82 Å². The number of aromatic nitrogens is 2. The van der Waals surface area contributed by atoms with E-state index in [4.69, 9.17) is 11.6 Å². The Hall–Kier alpha value is -3.60. The molecule has 5 rings (SSSR count). The average molecular weight is 498 g/mol. The van der Waals surface area contributed by atoms with Crippen LogP contribution in [0.2, 0.25) is 5.02 Å². The van der Waals surface area contributed by atoms with Crippen molar-refractivity contribution in [2.45, 2.75) is 0 Å². The SMILES string of the molecule is O=C(Nc1ccc(Cl)c(-c2ncc3ccccc3n2)c1)c1ccc(N2CCNS2(=O)=O)cc1F. The summed E-state index contributed by atoms with van der Waals surface area (Å²) in [6.07, 6.45) is 1.69. The fourth-order valence-electron chi connectivity index (χ4n) is 3.66. The molecule has 0 aliphatic carbocycles. The number of hydrogen-bond acceptors (Lipinski definition) is 5. The Balaban J connectivity index is 1.41. The Bertz CT molecular complexity index is 1550. The van der Waals surface area contributed by atoms with Crippen LogP contribution in [-0.4, -0.2) is 37.4 Å². The van der Waals surface area contributed by atoms with Crippen LogP contribution in [0.3, 0.4) is 0 Å². The number of benzene rings is 3. The van der Waals surface area contributed by atoms with Crippen molar-refractivity contribution in [2.75, 3.05) is 22.7 Å². The van der Waals surface area contributed by atoms with Gasteiger partial charge < -0.3 is 5.32 Å². The van der Waals surface area contributed by atoms with E-state index in [0.29, 0.717) is 22.1 Å². The zero-order chi connectivity index (χ0) is 23.9. The Morgan fingerprint density at radius 1 is 1.12 bits per heavy atom. The molecule has 3 aromatic carbocycles. The number of para-hydroxylation sites is 1. The van der Waals surface area contributed by atoms with Crippen LogP contribution < -0.4 is 14.3 Å². The first kappa shape index (κ1) is 22.2. The van der Waals surface area contributed by atoms with Gasteiger partial charge >= 0.3 is 10.2 Å². The van der Waals surface area contributed by atoms with Gasteiger partial charge in [-0.1, -0.05) is 29.8 Å². The lowest BCUT2D eigenvalue weighted by molar-refractivity contribution is 0.102. The standard InChI is InChI=1S/C23H17ClFN5O3S/c24-19-8-5-15(11-18(19)22-26-13-14-3-1-2-4-21(14)29-22)28-23(31)17-7-6-16(12-20(17)25)30-10-9-27-34(30,32)33/h1-8,11-13,27H,9-10H2,(H,28,31). The number of rotatable bonds is 4. The molecule has 0 saturated carbocycles. The van der Waals surface area contributed by atoms with E-state index in [-0.39, 0.29) is 24.3 Å². The molecule has 0 bridgehead atoms. The van der Waals surface area contributed by atoms with Crippen LogP contribution in [0.5, 0.6) is 0 Å². The first-order chi connectivity index (χ1) is 16.3. The molecule has 1 fully saturated rings. The number of nitrogens with one attached hydrogen (secondary N) is 2. The molecule has 1 amide bonds. The van der Waals surface area contributed by atoms with E-state index in [1.807, 2.05) is 24.3 Å². The second-order valence-corrected chi connectivity index (χ2v) is 9.62. The number of hydrogen-bond donors (Lipinski definition) is 2. The predicted octanol–water partition coefficient (Wildman–Crippen LogP) is 4.00. The molecule has 8 nitrogen and oxygen atoms in total. The number of halogens is 2. The maximum Gasteiger partial charge on any atom is 0.301 e. The second-order valence-electron chi connectivity index (χ2n) is 7.54. The van der Waals surface area contributed by atoms with E-state index in [1.54, 1.807) is 24.4 Å². The molecule has 1 aliphatic heterocycles. The minimum Gasteiger partial charge on any atom is -0.322 e. The maximum absolute atomic E-state index is 14.7. The zero-order valence-electron chi connectivity index (χ0n) is 17.5. The monoisotopic (exact) mass is 497 g/mol. The van der Waals surface area contributed by atoms with Crippen LogP contribution in [0.15, 0.2) is 66.9 Å². The summed E-state index contributed by atoms with van der Waals surface area (Å²) in [5, 5.41) is 3.91. The van der Waals surface area contributed by atoms with Gasteiger partial charge in [0, 0.05) is 35.9 Å². The highest BCUT2D eigenvalue weighted by molar-refractivity contribution is 7.91. The van der Waals surface area contributed by atoms with Crippen LogP contribution in [0.25, 0.3) is 22.3 Å². The normalized spacial score (nSPS) is 14.9. The van der Waals surface area contributed by atoms with E-state index < -0.39 is 21.9 Å². The summed E-state index contributed by atoms with van der Waals surface area (Å²) in [5.74, 6) is -1.15. The number of nitrogens with zero attached hydrogens (tertiary/aromatic N) is 3. The number of amides is 1. The lowest BCUT2D eigenvalue weighted by Crippen LogP contribution is -2.29. The number of carbonyl (C=O) groups excluding carboxylic acids is 1. The highest BCUT2D eigenvalue weighted by atomic mass is 35.5. The first-order valence-electron chi connectivity index (χ1n) is 10.2. The molecule has 4 aromatic rings. The lowest BCUT2D eigenvalue weighted by Gasteiger charge is -2.16. The van der Waals surface area contributed by atoms with Crippen molar-refractivity contribution in [2.24, 2.45) is 0 Å². The molecule has 1 aliphatic rings. The molecule has 2 heterocycles. The Morgan fingerprint density at radius 2 is 1.94 bits per heavy atom. The summed E-state index contributed by atoms with van der Waals surface area (Å²) < 4.78 is 42.1. The molecular weight excluding hydrogens is 481 g/mol. The van der Waals surface area contributed by atoms with E-state index in [9.17, 15) is 17.6 Å². The van der Waals surface area contributed by atoms with E-state index in [0.717, 1.165) is 21.3 Å². The molecule has 1 saturated heterocycles. The Morgan fingerprint density at radius 3 is 2.71 bits per heavy atom. The second kappa shape index (κ2) is 8.64. The van der Waals surface area contributed by atoms with Gasteiger partial charge in [0.1, 0.15) is 5.82 Å². The van der Waals surface area contributed by atoms with Gasteiger partial charge in [-0.2, -0.15) is 13.1 Å². The summed E-state index contributed by atoms with van der Waals surface area (Å²) in [7, 11) is -3.70. The molecule has 1 aromatic heterocycles. The van der Waals surface area contributed by atoms with Crippen molar-refractivity contribution < 1.29 is 17.6 Å². The summed E-state index contributed by atoms with van der Waals surface area (Å²) in [6, 6.07) is 16.0. The molecular formula is C23H17ClFN5O3S. The summed E-state index contributed by atoms with van der Waals surface area (Å²) in [5.41, 5.74) is 1.53. The third-order valence-electron chi connectivity index (χ3n) is 5.33. The topological polar surface area (TPSA) is 104 Å². The van der Waals surface area contributed by atoms with Crippen LogP contribution >= 0.6 is 11.6 Å². The minimum atomic E-state index is -3.70. The molecule has 0 radical (unpaired) electrons. The van der Waals surface area contributed by atoms with Gasteiger partial charge in [0.05, 0.1) is 21.8 Å². The number of carbonyl (C=O) groups is 1. The van der Waals surface area contributed by atoms with Crippen molar-refractivity contribution in [1.29, 1.82) is 0 Å². The first-order valence-corrected chi connectivity index (χ1v) is 12.0. The minimum absolute atomic E-state index is 0.140. The van der Waals surface area contributed by atoms with Crippen molar-refractivity contribution in [3.63, 3.8) is 0 Å². The number of fused-ring (bicyclic) bond motifs is 1. The molecule has 11 heteroatoms. The van der Waals surface area contributed by atoms with E-state index in [1.165, 1.54) is 12.1 Å².